The maximum Gasteiger partial charge on any atom is 0.193 e. The van der Waals surface area contributed by atoms with E-state index in [2.05, 4.69) is 41.2 Å². The number of rotatable bonds is 8. The van der Waals surface area contributed by atoms with E-state index in [0.29, 0.717) is 5.92 Å². The van der Waals surface area contributed by atoms with Crippen molar-refractivity contribution in [2.75, 3.05) is 47.6 Å². The van der Waals surface area contributed by atoms with Gasteiger partial charge in [0.15, 0.2) is 17.5 Å². The van der Waals surface area contributed by atoms with Crippen LogP contribution in [-0.2, 0) is 17.7 Å². The number of benzene rings is 1. The summed E-state index contributed by atoms with van der Waals surface area (Å²) in [5, 5.41) is 3.45. The van der Waals surface area contributed by atoms with Crippen molar-refractivity contribution in [3.8, 4) is 11.5 Å². The lowest BCUT2D eigenvalue weighted by Gasteiger charge is -2.32. The molecule has 0 atom stereocenters. The molecule has 0 spiro atoms. The van der Waals surface area contributed by atoms with Gasteiger partial charge in [-0.15, -0.1) is 24.0 Å². The van der Waals surface area contributed by atoms with Gasteiger partial charge in [-0.05, 0) is 42.0 Å². The van der Waals surface area contributed by atoms with E-state index in [1.807, 2.05) is 7.05 Å². The number of methoxy groups -OCH3 is 2. The summed E-state index contributed by atoms with van der Waals surface area (Å²) >= 11 is 0. The van der Waals surface area contributed by atoms with Gasteiger partial charge in [0.1, 0.15) is 0 Å². The van der Waals surface area contributed by atoms with Crippen LogP contribution in [-0.4, -0.2) is 58.4 Å². The van der Waals surface area contributed by atoms with Crippen LogP contribution >= 0.6 is 24.0 Å². The highest BCUT2D eigenvalue weighted by Gasteiger charge is 2.21. The molecule has 0 aliphatic carbocycles. The minimum Gasteiger partial charge on any atom is -0.493 e. The van der Waals surface area contributed by atoms with Crippen molar-refractivity contribution in [2.24, 2.45) is 10.9 Å². The third kappa shape index (κ3) is 7.03. The molecule has 0 saturated carbocycles. The molecule has 0 unspecified atom stereocenters. The Morgan fingerprint density at radius 2 is 1.85 bits per heavy atom. The van der Waals surface area contributed by atoms with E-state index in [-0.39, 0.29) is 24.0 Å². The standard InChI is InChI=1S/C20H33N3O3.HI/c1-15(2)14-26-10-6-8-22-20(21-3)23-9-7-16-11-18(24-4)19(25-5)12-17(16)13-23;/h11-12,15H,6-10,13-14H2,1-5H3,(H,21,22);1H. The normalized spacial score (nSPS) is 13.9. The number of ether oxygens (including phenoxy) is 3. The fourth-order valence-corrected chi connectivity index (χ4v) is 3.09. The topological polar surface area (TPSA) is 55.3 Å². The van der Waals surface area contributed by atoms with Gasteiger partial charge in [0.2, 0.25) is 0 Å². The van der Waals surface area contributed by atoms with Crippen LogP contribution in [0.25, 0.3) is 0 Å². The molecule has 1 aliphatic heterocycles. The van der Waals surface area contributed by atoms with Crippen LogP contribution in [0, 0.1) is 5.92 Å². The maximum absolute atomic E-state index is 5.63. The van der Waals surface area contributed by atoms with Crippen molar-refractivity contribution >= 4 is 29.9 Å². The Labute approximate surface area is 180 Å². The van der Waals surface area contributed by atoms with E-state index in [0.717, 1.165) is 63.1 Å². The number of aliphatic imine (C=N–C) groups is 1. The summed E-state index contributed by atoms with van der Waals surface area (Å²) in [4.78, 5) is 6.72. The average Bonchev–Trinajstić information content (AvgIpc) is 2.65. The van der Waals surface area contributed by atoms with E-state index in [9.17, 15) is 0 Å². The predicted octanol–water partition coefficient (Wildman–Crippen LogP) is 3.32. The van der Waals surface area contributed by atoms with Crippen LogP contribution in [0.5, 0.6) is 11.5 Å². The monoisotopic (exact) mass is 491 g/mol. The summed E-state index contributed by atoms with van der Waals surface area (Å²) in [5.41, 5.74) is 2.58. The third-order valence-electron chi connectivity index (χ3n) is 4.43. The highest BCUT2D eigenvalue weighted by Crippen LogP contribution is 2.33. The van der Waals surface area contributed by atoms with Crippen molar-refractivity contribution < 1.29 is 14.2 Å². The van der Waals surface area contributed by atoms with Gasteiger partial charge >= 0.3 is 0 Å². The lowest BCUT2D eigenvalue weighted by atomic mass is 9.99. The quantitative estimate of drug-likeness (QED) is 0.262. The lowest BCUT2D eigenvalue weighted by Crippen LogP contribution is -2.44. The number of nitrogens with zero attached hydrogens (tertiary/aromatic N) is 2. The zero-order valence-corrected chi connectivity index (χ0v) is 19.5. The Hall–Kier alpha value is -1.22. The number of fused-ring (bicyclic) bond motifs is 1. The second-order valence-corrected chi connectivity index (χ2v) is 6.94. The van der Waals surface area contributed by atoms with Crippen LogP contribution in [0.3, 0.4) is 0 Å². The summed E-state index contributed by atoms with van der Waals surface area (Å²) in [6.45, 7) is 8.55. The Morgan fingerprint density at radius 1 is 1.19 bits per heavy atom. The van der Waals surface area contributed by atoms with E-state index in [4.69, 9.17) is 14.2 Å². The van der Waals surface area contributed by atoms with Gasteiger partial charge in [-0.2, -0.15) is 0 Å². The molecular weight excluding hydrogens is 457 g/mol. The van der Waals surface area contributed by atoms with Crippen molar-refractivity contribution in [2.45, 2.75) is 33.2 Å². The first-order chi connectivity index (χ1) is 12.6. The molecule has 0 fully saturated rings. The van der Waals surface area contributed by atoms with Gasteiger partial charge in [-0.3, -0.25) is 4.99 Å². The Morgan fingerprint density at radius 3 is 2.44 bits per heavy atom. The van der Waals surface area contributed by atoms with Crippen LogP contribution in [0.1, 0.15) is 31.4 Å². The summed E-state index contributed by atoms with van der Waals surface area (Å²) in [5.74, 6) is 3.09. The van der Waals surface area contributed by atoms with E-state index < -0.39 is 0 Å². The molecule has 154 valence electrons. The van der Waals surface area contributed by atoms with Gasteiger partial charge in [0, 0.05) is 39.9 Å². The van der Waals surface area contributed by atoms with Crippen molar-refractivity contribution in [1.82, 2.24) is 10.2 Å². The molecule has 1 N–H and O–H groups in total. The molecule has 27 heavy (non-hydrogen) atoms. The number of nitrogens with one attached hydrogen (secondary N) is 1. The van der Waals surface area contributed by atoms with Crippen molar-refractivity contribution in [3.05, 3.63) is 23.3 Å². The fraction of sp³-hybridized carbons (Fsp3) is 0.650. The Kier molecular flexibility index (Phi) is 10.8. The third-order valence-corrected chi connectivity index (χ3v) is 4.43. The van der Waals surface area contributed by atoms with Crippen LogP contribution < -0.4 is 14.8 Å². The molecule has 6 nitrogen and oxygen atoms in total. The van der Waals surface area contributed by atoms with Crippen LogP contribution in [0.4, 0.5) is 0 Å². The van der Waals surface area contributed by atoms with Crippen molar-refractivity contribution in [1.29, 1.82) is 0 Å². The average molecular weight is 491 g/mol. The maximum atomic E-state index is 5.63. The van der Waals surface area contributed by atoms with Gasteiger partial charge in [0.25, 0.3) is 0 Å². The van der Waals surface area contributed by atoms with Crippen LogP contribution in [0.15, 0.2) is 17.1 Å². The zero-order chi connectivity index (χ0) is 18.9. The molecule has 0 amide bonds. The SMILES string of the molecule is CN=C(NCCCOCC(C)C)N1CCc2cc(OC)c(OC)cc2C1.I. The van der Waals surface area contributed by atoms with E-state index in [1.54, 1.807) is 14.2 Å². The molecule has 0 bridgehead atoms. The molecule has 2 rings (SSSR count). The number of hydrogen-bond acceptors (Lipinski definition) is 4. The smallest absolute Gasteiger partial charge is 0.193 e. The second-order valence-electron chi connectivity index (χ2n) is 6.94. The van der Waals surface area contributed by atoms with Gasteiger partial charge in [-0.1, -0.05) is 13.8 Å². The van der Waals surface area contributed by atoms with Gasteiger partial charge < -0.3 is 24.4 Å². The Bertz CT molecular complexity index is 608. The minimum absolute atomic E-state index is 0. The summed E-state index contributed by atoms with van der Waals surface area (Å²) in [6.07, 6.45) is 1.94. The summed E-state index contributed by atoms with van der Waals surface area (Å²) in [7, 11) is 5.18. The first-order valence-electron chi connectivity index (χ1n) is 9.36. The molecular formula is C20H34IN3O3. The molecule has 0 saturated heterocycles. The minimum atomic E-state index is 0. The largest absolute Gasteiger partial charge is 0.493 e. The highest BCUT2D eigenvalue weighted by atomic mass is 127. The van der Waals surface area contributed by atoms with E-state index in [1.165, 1.54) is 11.1 Å². The Balaban J connectivity index is 0.00000364. The van der Waals surface area contributed by atoms with Crippen LogP contribution in [0.2, 0.25) is 0 Å². The number of halogens is 1. The molecule has 1 aliphatic rings. The first kappa shape index (κ1) is 23.8. The molecule has 0 aromatic heterocycles. The zero-order valence-electron chi connectivity index (χ0n) is 17.2. The lowest BCUT2D eigenvalue weighted by molar-refractivity contribution is 0.108. The summed E-state index contributed by atoms with van der Waals surface area (Å²) < 4.78 is 16.5. The molecule has 1 aromatic carbocycles. The molecule has 1 aromatic rings. The second kappa shape index (κ2) is 12.3. The predicted molar refractivity (Wildman–Crippen MR) is 121 cm³/mol. The molecule has 0 radical (unpaired) electrons. The van der Waals surface area contributed by atoms with Gasteiger partial charge in [0.05, 0.1) is 14.2 Å². The molecule has 7 heteroatoms. The first-order valence-corrected chi connectivity index (χ1v) is 9.36. The van der Waals surface area contributed by atoms with Crippen molar-refractivity contribution in [3.63, 3.8) is 0 Å². The highest BCUT2D eigenvalue weighted by molar-refractivity contribution is 14.0. The van der Waals surface area contributed by atoms with Gasteiger partial charge in [-0.25, -0.2) is 0 Å². The fourth-order valence-electron chi connectivity index (χ4n) is 3.09. The summed E-state index contributed by atoms with van der Waals surface area (Å²) in [6, 6.07) is 4.17. The number of guanidine groups is 1. The van der Waals surface area contributed by atoms with E-state index >= 15 is 0 Å². The number of hydrogen-bond donors (Lipinski definition) is 1. The molecule has 1 heterocycles.